The van der Waals surface area contributed by atoms with E-state index in [1.807, 2.05) is 6.92 Å². The van der Waals surface area contributed by atoms with Crippen LogP contribution in [0.25, 0.3) is 0 Å². The van der Waals surface area contributed by atoms with Gasteiger partial charge in [-0.1, -0.05) is 6.42 Å². The summed E-state index contributed by atoms with van der Waals surface area (Å²) in [5, 5.41) is 0. The van der Waals surface area contributed by atoms with Crippen molar-refractivity contribution in [3.8, 4) is 0 Å². The molecule has 0 aliphatic heterocycles. The number of rotatable bonds is 6. The largest absolute Gasteiger partial charge is 0.380 e. The van der Waals surface area contributed by atoms with Crippen LogP contribution in [0, 0.1) is 5.92 Å². The van der Waals surface area contributed by atoms with E-state index in [0.29, 0.717) is 6.04 Å². The molecular weight excluding hydrogens is 188 g/mol. The highest BCUT2D eigenvalue weighted by Crippen LogP contribution is 2.23. The first-order chi connectivity index (χ1) is 7.22. The highest BCUT2D eigenvalue weighted by atomic mass is 16.5. The molecule has 2 unspecified atom stereocenters. The number of nitrogens with zero attached hydrogens (tertiary/aromatic N) is 1. The predicted octanol–water partition coefficient (Wildman–Crippen LogP) is 1.47. The maximum absolute atomic E-state index is 5.98. The van der Waals surface area contributed by atoms with E-state index < -0.39 is 0 Å². The van der Waals surface area contributed by atoms with E-state index >= 15 is 0 Å². The number of nitrogens with two attached hydrogens (primary N) is 1. The van der Waals surface area contributed by atoms with Crippen LogP contribution in [-0.4, -0.2) is 44.3 Å². The Morgan fingerprint density at radius 2 is 2.20 bits per heavy atom. The third-order valence-corrected chi connectivity index (χ3v) is 3.21. The molecule has 2 atom stereocenters. The van der Waals surface area contributed by atoms with Gasteiger partial charge in [0.1, 0.15) is 0 Å². The van der Waals surface area contributed by atoms with E-state index in [1.165, 1.54) is 32.2 Å². The molecular formula is C12H26N2O. The van der Waals surface area contributed by atoms with E-state index in [4.69, 9.17) is 10.5 Å². The summed E-state index contributed by atoms with van der Waals surface area (Å²) >= 11 is 0. The summed E-state index contributed by atoms with van der Waals surface area (Å²) < 4.78 is 5.35. The Morgan fingerprint density at radius 3 is 2.87 bits per heavy atom. The molecule has 0 aromatic carbocycles. The van der Waals surface area contributed by atoms with Crippen molar-refractivity contribution in [3.05, 3.63) is 0 Å². The van der Waals surface area contributed by atoms with Gasteiger partial charge in [0.25, 0.3) is 0 Å². The van der Waals surface area contributed by atoms with Crippen molar-refractivity contribution in [2.75, 3.05) is 33.4 Å². The predicted molar refractivity (Wildman–Crippen MR) is 63.9 cm³/mol. The summed E-state index contributed by atoms with van der Waals surface area (Å²) in [5.74, 6) is 0.806. The second kappa shape index (κ2) is 7.20. The van der Waals surface area contributed by atoms with Gasteiger partial charge in [0.15, 0.2) is 0 Å². The van der Waals surface area contributed by atoms with Gasteiger partial charge in [-0.05, 0) is 39.2 Å². The molecule has 3 nitrogen and oxygen atoms in total. The Balaban J connectivity index is 2.10. The van der Waals surface area contributed by atoms with E-state index in [9.17, 15) is 0 Å². The zero-order valence-electron chi connectivity index (χ0n) is 10.2. The third kappa shape index (κ3) is 5.50. The summed E-state index contributed by atoms with van der Waals surface area (Å²) in [5.41, 5.74) is 5.98. The molecule has 0 heterocycles. The lowest BCUT2D eigenvalue weighted by molar-refractivity contribution is 0.112. The van der Waals surface area contributed by atoms with Gasteiger partial charge in [-0.25, -0.2) is 0 Å². The number of hydrogen-bond donors (Lipinski definition) is 1. The molecule has 0 bridgehead atoms. The zero-order chi connectivity index (χ0) is 11.1. The van der Waals surface area contributed by atoms with Crippen molar-refractivity contribution in [2.24, 2.45) is 11.7 Å². The van der Waals surface area contributed by atoms with E-state index in [1.54, 1.807) is 0 Å². The molecule has 0 aromatic rings. The number of hydrogen-bond acceptors (Lipinski definition) is 3. The molecule has 0 radical (unpaired) electrons. The minimum atomic E-state index is 0.448. The van der Waals surface area contributed by atoms with Crippen LogP contribution in [0.15, 0.2) is 0 Å². The van der Waals surface area contributed by atoms with Gasteiger partial charge in [0.2, 0.25) is 0 Å². The average Bonchev–Trinajstić information content (AvgIpc) is 2.18. The molecule has 90 valence electrons. The fourth-order valence-electron chi connectivity index (χ4n) is 2.40. The summed E-state index contributed by atoms with van der Waals surface area (Å²) in [7, 11) is 2.18. The Hall–Kier alpha value is -0.120. The molecule has 1 fully saturated rings. The Kier molecular flexibility index (Phi) is 6.22. The van der Waals surface area contributed by atoms with Crippen LogP contribution in [0.4, 0.5) is 0 Å². The molecule has 1 rings (SSSR count). The lowest BCUT2D eigenvalue weighted by atomic mass is 9.86. The second-order valence-electron chi connectivity index (χ2n) is 4.75. The third-order valence-electron chi connectivity index (χ3n) is 3.21. The van der Waals surface area contributed by atoms with Crippen LogP contribution in [0.2, 0.25) is 0 Å². The van der Waals surface area contributed by atoms with Gasteiger partial charge in [0.05, 0.1) is 6.61 Å². The molecule has 2 N–H and O–H groups in total. The van der Waals surface area contributed by atoms with Crippen LogP contribution in [0.1, 0.15) is 32.6 Å². The average molecular weight is 214 g/mol. The summed E-state index contributed by atoms with van der Waals surface area (Å²) in [6.45, 7) is 5.94. The minimum Gasteiger partial charge on any atom is -0.380 e. The van der Waals surface area contributed by atoms with Crippen LogP contribution in [0.5, 0.6) is 0 Å². The second-order valence-corrected chi connectivity index (χ2v) is 4.75. The zero-order valence-corrected chi connectivity index (χ0v) is 10.2. The normalized spacial score (nSPS) is 27.2. The van der Waals surface area contributed by atoms with Gasteiger partial charge in [-0.2, -0.15) is 0 Å². The quantitative estimate of drug-likeness (QED) is 0.681. The first-order valence-corrected chi connectivity index (χ1v) is 6.24. The molecule has 3 heteroatoms. The molecule has 0 saturated heterocycles. The van der Waals surface area contributed by atoms with Crippen molar-refractivity contribution in [2.45, 2.75) is 38.6 Å². The SMILES string of the molecule is CCOCCN(C)CC1CCCC(N)C1. The maximum Gasteiger partial charge on any atom is 0.0593 e. The van der Waals surface area contributed by atoms with Gasteiger partial charge in [0, 0.05) is 25.7 Å². The highest BCUT2D eigenvalue weighted by molar-refractivity contribution is 4.76. The van der Waals surface area contributed by atoms with Crippen molar-refractivity contribution in [1.82, 2.24) is 4.90 Å². The van der Waals surface area contributed by atoms with Gasteiger partial charge >= 0.3 is 0 Å². The minimum absolute atomic E-state index is 0.448. The van der Waals surface area contributed by atoms with Gasteiger partial charge < -0.3 is 15.4 Å². The molecule has 0 spiro atoms. The van der Waals surface area contributed by atoms with Crippen molar-refractivity contribution in [3.63, 3.8) is 0 Å². The first-order valence-electron chi connectivity index (χ1n) is 6.24. The lowest BCUT2D eigenvalue weighted by Crippen LogP contribution is -2.35. The Labute approximate surface area is 94.0 Å². The monoisotopic (exact) mass is 214 g/mol. The van der Waals surface area contributed by atoms with Crippen LogP contribution in [-0.2, 0) is 4.74 Å². The molecule has 0 amide bonds. The van der Waals surface area contributed by atoms with E-state index in [0.717, 1.165) is 25.7 Å². The molecule has 1 saturated carbocycles. The van der Waals surface area contributed by atoms with E-state index in [2.05, 4.69) is 11.9 Å². The van der Waals surface area contributed by atoms with Gasteiger partial charge in [-0.15, -0.1) is 0 Å². The fraction of sp³-hybridized carbons (Fsp3) is 1.00. The number of likely N-dealkylation sites (N-methyl/N-ethyl adjacent to an activating group) is 1. The molecule has 1 aliphatic rings. The van der Waals surface area contributed by atoms with Gasteiger partial charge in [-0.3, -0.25) is 0 Å². The maximum atomic E-state index is 5.98. The number of ether oxygens (including phenoxy) is 1. The lowest BCUT2D eigenvalue weighted by Gasteiger charge is -2.30. The Bertz CT molecular complexity index is 164. The van der Waals surface area contributed by atoms with Crippen LogP contribution >= 0.6 is 0 Å². The first kappa shape index (κ1) is 12.9. The highest BCUT2D eigenvalue weighted by Gasteiger charge is 2.20. The van der Waals surface area contributed by atoms with Crippen molar-refractivity contribution in [1.29, 1.82) is 0 Å². The molecule has 1 aliphatic carbocycles. The topological polar surface area (TPSA) is 38.5 Å². The van der Waals surface area contributed by atoms with Crippen LogP contribution in [0.3, 0.4) is 0 Å². The Morgan fingerprint density at radius 1 is 1.40 bits per heavy atom. The molecule has 15 heavy (non-hydrogen) atoms. The van der Waals surface area contributed by atoms with E-state index in [-0.39, 0.29) is 0 Å². The summed E-state index contributed by atoms with van der Waals surface area (Å²) in [6, 6.07) is 0.448. The smallest absolute Gasteiger partial charge is 0.0593 e. The van der Waals surface area contributed by atoms with Crippen LogP contribution < -0.4 is 5.73 Å². The summed E-state index contributed by atoms with van der Waals surface area (Å²) in [6.07, 6.45) is 5.09. The fourth-order valence-corrected chi connectivity index (χ4v) is 2.40. The summed E-state index contributed by atoms with van der Waals surface area (Å²) in [4.78, 5) is 2.37. The standard InChI is InChI=1S/C12H26N2O/c1-3-15-8-7-14(2)10-11-5-4-6-12(13)9-11/h11-12H,3-10,13H2,1-2H3. The van der Waals surface area contributed by atoms with Crippen molar-refractivity contribution < 1.29 is 4.74 Å². The molecule has 0 aromatic heterocycles. The van der Waals surface area contributed by atoms with Crippen molar-refractivity contribution >= 4 is 0 Å².